The first kappa shape index (κ1) is 19.9. The molecule has 7 nitrogen and oxygen atoms in total. The summed E-state index contributed by atoms with van der Waals surface area (Å²) in [4.78, 5) is 22.5. The van der Waals surface area contributed by atoms with Crippen molar-refractivity contribution in [3.8, 4) is 0 Å². The molecule has 8 heteroatoms. The number of nitrogens with one attached hydrogen (secondary N) is 2. The van der Waals surface area contributed by atoms with E-state index < -0.39 is 22.0 Å². The Bertz CT molecular complexity index is 447. The van der Waals surface area contributed by atoms with Crippen LogP contribution in [-0.2, 0) is 19.6 Å². The second kappa shape index (κ2) is 8.99. The lowest BCUT2D eigenvalue weighted by Gasteiger charge is -2.20. The lowest BCUT2D eigenvalue weighted by atomic mass is 10.0. The van der Waals surface area contributed by atoms with Gasteiger partial charge in [0.25, 0.3) is 0 Å². The van der Waals surface area contributed by atoms with Crippen LogP contribution in [0.2, 0.25) is 0 Å². The van der Waals surface area contributed by atoms with Crippen LogP contribution in [0.4, 0.5) is 0 Å². The lowest BCUT2D eigenvalue weighted by molar-refractivity contribution is -0.137. The maximum Gasteiger partial charge on any atom is 0.303 e. The third kappa shape index (κ3) is 11.2. The SMILES string of the molecule is CC(C)CC(NS(C)(=O)=O)C(=O)NCC(C)CCC(=O)O. The quantitative estimate of drug-likeness (QED) is 0.544. The number of amides is 1. The number of sulfonamides is 1. The number of aliphatic carboxylic acids is 1. The summed E-state index contributed by atoms with van der Waals surface area (Å²) >= 11 is 0. The van der Waals surface area contributed by atoms with Gasteiger partial charge in [0.15, 0.2) is 0 Å². The van der Waals surface area contributed by atoms with E-state index in [1.807, 2.05) is 20.8 Å². The highest BCUT2D eigenvalue weighted by molar-refractivity contribution is 7.88. The van der Waals surface area contributed by atoms with Crippen LogP contribution in [0, 0.1) is 11.8 Å². The van der Waals surface area contributed by atoms with Crippen molar-refractivity contribution in [3.63, 3.8) is 0 Å². The first-order valence-electron chi connectivity index (χ1n) is 6.98. The summed E-state index contributed by atoms with van der Waals surface area (Å²) < 4.78 is 24.9. The van der Waals surface area contributed by atoms with Crippen LogP contribution in [0.25, 0.3) is 0 Å². The normalized spacial score (nSPS) is 14.7. The molecule has 0 aromatic heterocycles. The molecule has 0 aromatic rings. The Balaban J connectivity index is 4.43. The maximum atomic E-state index is 12.0. The minimum absolute atomic E-state index is 0.0167. The average Bonchev–Trinajstić information content (AvgIpc) is 2.30. The summed E-state index contributed by atoms with van der Waals surface area (Å²) in [5, 5.41) is 11.3. The molecule has 2 atom stereocenters. The largest absolute Gasteiger partial charge is 0.481 e. The number of carboxylic acid groups (broad SMARTS) is 1. The summed E-state index contributed by atoms with van der Waals surface area (Å²) in [6, 6.07) is -0.799. The monoisotopic (exact) mass is 322 g/mol. The molecular weight excluding hydrogens is 296 g/mol. The third-order valence-electron chi connectivity index (χ3n) is 2.86. The minimum atomic E-state index is -3.46. The molecule has 0 bridgehead atoms. The van der Waals surface area contributed by atoms with Crippen LogP contribution in [0.5, 0.6) is 0 Å². The average molecular weight is 322 g/mol. The van der Waals surface area contributed by atoms with E-state index in [-0.39, 0.29) is 24.2 Å². The van der Waals surface area contributed by atoms with E-state index in [9.17, 15) is 18.0 Å². The molecule has 0 saturated heterocycles. The zero-order valence-corrected chi connectivity index (χ0v) is 13.9. The van der Waals surface area contributed by atoms with Gasteiger partial charge in [0, 0.05) is 13.0 Å². The van der Waals surface area contributed by atoms with Crippen molar-refractivity contribution in [2.45, 2.75) is 46.1 Å². The Morgan fingerprint density at radius 3 is 2.19 bits per heavy atom. The fourth-order valence-electron chi connectivity index (χ4n) is 1.81. The van der Waals surface area contributed by atoms with Crippen LogP contribution in [-0.4, -0.2) is 44.2 Å². The molecule has 0 rings (SSSR count). The Morgan fingerprint density at radius 2 is 1.76 bits per heavy atom. The predicted octanol–water partition coefficient (Wildman–Crippen LogP) is 0.567. The van der Waals surface area contributed by atoms with Gasteiger partial charge in [-0.05, 0) is 24.7 Å². The van der Waals surface area contributed by atoms with Crippen molar-refractivity contribution < 1.29 is 23.1 Å². The highest BCUT2D eigenvalue weighted by atomic mass is 32.2. The Labute approximate surface area is 126 Å². The van der Waals surface area contributed by atoms with Gasteiger partial charge < -0.3 is 10.4 Å². The summed E-state index contributed by atoms with van der Waals surface area (Å²) in [5.41, 5.74) is 0. The van der Waals surface area contributed by atoms with Gasteiger partial charge in [-0.3, -0.25) is 9.59 Å². The van der Waals surface area contributed by atoms with Gasteiger partial charge >= 0.3 is 5.97 Å². The standard InChI is InChI=1S/C13H26N2O5S/c1-9(2)7-11(15-21(4,19)20)13(18)14-8-10(3)5-6-12(16)17/h9-11,15H,5-8H2,1-4H3,(H,14,18)(H,16,17). The summed E-state index contributed by atoms with van der Waals surface area (Å²) in [7, 11) is -3.46. The molecule has 1 amide bonds. The van der Waals surface area contributed by atoms with Crippen molar-refractivity contribution in [2.75, 3.05) is 12.8 Å². The zero-order chi connectivity index (χ0) is 16.6. The summed E-state index contributed by atoms with van der Waals surface area (Å²) in [6.45, 7) is 5.97. The van der Waals surface area contributed by atoms with Crippen molar-refractivity contribution in [3.05, 3.63) is 0 Å². The van der Waals surface area contributed by atoms with Crippen LogP contribution in [0.1, 0.15) is 40.0 Å². The van der Waals surface area contributed by atoms with E-state index in [1.54, 1.807) is 0 Å². The molecule has 0 saturated carbocycles. The van der Waals surface area contributed by atoms with E-state index in [4.69, 9.17) is 5.11 Å². The molecule has 0 aromatic carbocycles. The molecule has 0 radical (unpaired) electrons. The van der Waals surface area contributed by atoms with Gasteiger partial charge in [-0.25, -0.2) is 13.1 Å². The van der Waals surface area contributed by atoms with Gasteiger partial charge in [-0.15, -0.1) is 0 Å². The first-order chi connectivity index (χ1) is 9.51. The second-order valence-electron chi connectivity index (χ2n) is 5.85. The van der Waals surface area contributed by atoms with Crippen LogP contribution < -0.4 is 10.0 Å². The van der Waals surface area contributed by atoms with E-state index in [1.165, 1.54) is 0 Å². The third-order valence-corrected chi connectivity index (χ3v) is 3.57. The molecule has 21 heavy (non-hydrogen) atoms. The molecule has 0 aliphatic heterocycles. The molecule has 0 fully saturated rings. The number of carbonyl (C=O) groups is 2. The molecule has 3 N–H and O–H groups in total. The Kier molecular flexibility index (Phi) is 8.50. The van der Waals surface area contributed by atoms with Crippen LogP contribution >= 0.6 is 0 Å². The van der Waals surface area contributed by atoms with Gasteiger partial charge in [0.05, 0.1) is 6.26 Å². The summed E-state index contributed by atoms with van der Waals surface area (Å²) in [5.74, 6) is -1.07. The molecule has 0 heterocycles. The van der Waals surface area contributed by atoms with Gasteiger partial charge in [-0.1, -0.05) is 20.8 Å². The van der Waals surface area contributed by atoms with Gasteiger partial charge in [-0.2, -0.15) is 0 Å². The number of carbonyl (C=O) groups excluding carboxylic acids is 1. The van der Waals surface area contributed by atoms with Gasteiger partial charge in [0.2, 0.25) is 15.9 Å². The molecule has 0 spiro atoms. The maximum absolute atomic E-state index is 12.0. The number of hydrogen-bond donors (Lipinski definition) is 3. The van der Waals surface area contributed by atoms with E-state index in [0.717, 1.165) is 6.26 Å². The summed E-state index contributed by atoms with van der Waals surface area (Å²) in [6.07, 6.45) is 1.93. The second-order valence-corrected chi connectivity index (χ2v) is 7.63. The molecule has 0 aliphatic carbocycles. The van der Waals surface area contributed by atoms with E-state index >= 15 is 0 Å². The van der Waals surface area contributed by atoms with Gasteiger partial charge in [0.1, 0.15) is 6.04 Å². The zero-order valence-electron chi connectivity index (χ0n) is 13.0. The number of rotatable bonds is 10. The molecule has 124 valence electrons. The van der Waals surface area contributed by atoms with Crippen molar-refractivity contribution in [1.82, 2.24) is 10.0 Å². The van der Waals surface area contributed by atoms with Crippen LogP contribution in [0.3, 0.4) is 0 Å². The van der Waals surface area contributed by atoms with Crippen molar-refractivity contribution in [2.24, 2.45) is 11.8 Å². The van der Waals surface area contributed by atoms with E-state index in [0.29, 0.717) is 19.4 Å². The highest BCUT2D eigenvalue weighted by Crippen LogP contribution is 2.07. The fraction of sp³-hybridized carbons (Fsp3) is 0.846. The first-order valence-corrected chi connectivity index (χ1v) is 8.87. The molecule has 0 aliphatic rings. The molecule has 2 unspecified atom stereocenters. The fourth-order valence-corrected chi connectivity index (χ4v) is 2.53. The minimum Gasteiger partial charge on any atom is -0.481 e. The van der Waals surface area contributed by atoms with Crippen LogP contribution in [0.15, 0.2) is 0 Å². The van der Waals surface area contributed by atoms with Crippen molar-refractivity contribution >= 4 is 21.9 Å². The van der Waals surface area contributed by atoms with E-state index in [2.05, 4.69) is 10.0 Å². The predicted molar refractivity (Wildman–Crippen MR) is 80.3 cm³/mol. The van der Waals surface area contributed by atoms with Crippen molar-refractivity contribution in [1.29, 1.82) is 0 Å². The topological polar surface area (TPSA) is 113 Å². The smallest absolute Gasteiger partial charge is 0.303 e. The Hall–Kier alpha value is -1.15. The lowest BCUT2D eigenvalue weighted by Crippen LogP contribution is -2.47. The Morgan fingerprint density at radius 1 is 1.19 bits per heavy atom. The highest BCUT2D eigenvalue weighted by Gasteiger charge is 2.23. The number of hydrogen-bond acceptors (Lipinski definition) is 4. The molecular formula is C13H26N2O5S. The number of carboxylic acids is 1.